The number of nitrogens with zero attached hydrogens (tertiary/aromatic N) is 1. The molecular weight excluding hydrogens is 378 g/mol. The fourth-order valence-corrected chi connectivity index (χ4v) is 3.77. The first-order valence-corrected chi connectivity index (χ1v) is 9.59. The highest BCUT2D eigenvalue weighted by Crippen LogP contribution is 2.43. The number of benzene rings is 3. The molecule has 0 radical (unpaired) electrons. The Kier molecular flexibility index (Phi) is 5.11. The SMILES string of the molecule is COc1ccc(C2/C(=C(\O)c3ccccc3)C(=O)C(=O)N2c2ccccc2C)cc1. The van der Waals surface area contributed by atoms with E-state index in [2.05, 4.69) is 0 Å². The molecule has 1 aliphatic heterocycles. The number of aliphatic hydroxyl groups is 1. The van der Waals surface area contributed by atoms with Gasteiger partial charge in [0.15, 0.2) is 0 Å². The van der Waals surface area contributed by atoms with Crippen LogP contribution in [0.5, 0.6) is 5.75 Å². The van der Waals surface area contributed by atoms with Crippen molar-refractivity contribution < 1.29 is 19.4 Å². The summed E-state index contributed by atoms with van der Waals surface area (Å²) in [5, 5.41) is 11.0. The van der Waals surface area contributed by atoms with Gasteiger partial charge in [0.25, 0.3) is 11.7 Å². The second-order valence-corrected chi connectivity index (χ2v) is 7.09. The van der Waals surface area contributed by atoms with Gasteiger partial charge in [0.1, 0.15) is 11.5 Å². The molecule has 1 amide bonds. The third-order valence-corrected chi connectivity index (χ3v) is 5.30. The van der Waals surface area contributed by atoms with Crippen LogP contribution in [0.25, 0.3) is 5.76 Å². The number of anilines is 1. The van der Waals surface area contributed by atoms with E-state index in [1.54, 1.807) is 61.7 Å². The van der Waals surface area contributed by atoms with Crippen LogP contribution in [0.1, 0.15) is 22.7 Å². The quantitative estimate of drug-likeness (QED) is 0.395. The number of methoxy groups -OCH3 is 1. The van der Waals surface area contributed by atoms with Crippen LogP contribution in [0, 0.1) is 6.92 Å². The van der Waals surface area contributed by atoms with E-state index >= 15 is 0 Å². The van der Waals surface area contributed by atoms with Gasteiger partial charge in [-0.1, -0.05) is 60.7 Å². The largest absolute Gasteiger partial charge is 0.507 e. The average Bonchev–Trinajstić information content (AvgIpc) is 3.05. The summed E-state index contributed by atoms with van der Waals surface area (Å²) in [6, 6.07) is 22.6. The first-order valence-electron chi connectivity index (χ1n) is 9.59. The van der Waals surface area contributed by atoms with Gasteiger partial charge in [0, 0.05) is 11.3 Å². The van der Waals surface area contributed by atoms with Gasteiger partial charge in [-0.2, -0.15) is 0 Å². The van der Waals surface area contributed by atoms with Gasteiger partial charge in [-0.15, -0.1) is 0 Å². The number of carbonyl (C=O) groups excluding carboxylic acids is 2. The van der Waals surface area contributed by atoms with Crippen LogP contribution in [0.3, 0.4) is 0 Å². The Balaban J connectivity index is 1.95. The zero-order valence-corrected chi connectivity index (χ0v) is 16.7. The molecule has 150 valence electrons. The number of ether oxygens (including phenoxy) is 1. The van der Waals surface area contributed by atoms with Crippen LogP contribution in [-0.4, -0.2) is 23.9 Å². The molecule has 1 saturated heterocycles. The second-order valence-electron chi connectivity index (χ2n) is 7.09. The van der Waals surface area contributed by atoms with E-state index in [-0.39, 0.29) is 11.3 Å². The molecule has 3 aromatic carbocycles. The van der Waals surface area contributed by atoms with Crippen molar-refractivity contribution in [2.75, 3.05) is 12.0 Å². The van der Waals surface area contributed by atoms with Crippen molar-refractivity contribution in [1.29, 1.82) is 0 Å². The normalized spacial score (nSPS) is 17.9. The van der Waals surface area contributed by atoms with Crippen LogP contribution in [0.2, 0.25) is 0 Å². The maximum Gasteiger partial charge on any atom is 0.300 e. The van der Waals surface area contributed by atoms with Crippen molar-refractivity contribution in [3.63, 3.8) is 0 Å². The molecular formula is C25H21NO4. The molecule has 5 nitrogen and oxygen atoms in total. The van der Waals surface area contributed by atoms with E-state index in [9.17, 15) is 14.7 Å². The van der Waals surface area contributed by atoms with E-state index in [1.807, 2.05) is 31.2 Å². The van der Waals surface area contributed by atoms with Crippen LogP contribution in [-0.2, 0) is 9.59 Å². The molecule has 4 rings (SSSR count). The Bertz CT molecular complexity index is 1130. The topological polar surface area (TPSA) is 66.8 Å². The van der Waals surface area contributed by atoms with Gasteiger partial charge >= 0.3 is 0 Å². The number of Topliss-reactive ketones (excluding diaryl/α,β-unsaturated/α-hetero) is 1. The molecule has 0 bridgehead atoms. The minimum absolute atomic E-state index is 0.0691. The smallest absolute Gasteiger partial charge is 0.300 e. The fourth-order valence-electron chi connectivity index (χ4n) is 3.77. The fraction of sp³-hybridized carbons (Fsp3) is 0.120. The van der Waals surface area contributed by atoms with E-state index in [0.29, 0.717) is 22.6 Å². The van der Waals surface area contributed by atoms with E-state index in [1.165, 1.54) is 4.90 Å². The highest BCUT2D eigenvalue weighted by molar-refractivity contribution is 6.51. The van der Waals surface area contributed by atoms with Crippen LogP contribution >= 0.6 is 0 Å². The molecule has 1 aliphatic rings. The first-order chi connectivity index (χ1) is 14.5. The van der Waals surface area contributed by atoms with Crippen molar-refractivity contribution in [2.24, 2.45) is 0 Å². The summed E-state index contributed by atoms with van der Waals surface area (Å²) in [6.45, 7) is 1.89. The zero-order valence-electron chi connectivity index (χ0n) is 16.7. The monoisotopic (exact) mass is 399 g/mol. The van der Waals surface area contributed by atoms with Crippen LogP contribution in [0.15, 0.2) is 84.4 Å². The third-order valence-electron chi connectivity index (χ3n) is 5.30. The third kappa shape index (κ3) is 3.24. The summed E-state index contributed by atoms with van der Waals surface area (Å²) in [5.41, 5.74) is 2.75. The van der Waals surface area contributed by atoms with Crippen molar-refractivity contribution in [1.82, 2.24) is 0 Å². The lowest BCUT2D eigenvalue weighted by Crippen LogP contribution is -2.30. The highest BCUT2D eigenvalue weighted by atomic mass is 16.5. The Morgan fingerprint density at radius 1 is 0.900 bits per heavy atom. The number of amides is 1. The molecule has 30 heavy (non-hydrogen) atoms. The van der Waals surface area contributed by atoms with Crippen LogP contribution < -0.4 is 9.64 Å². The number of carbonyl (C=O) groups is 2. The maximum atomic E-state index is 13.1. The number of ketones is 1. The molecule has 1 fully saturated rings. The lowest BCUT2D eigenvalue weighted by atomic mass is 9.95. The van der Waals surface area contributed by atoms with Crippen molar-refractivity contribution in [3.8, 4) is 5.75 Å². The van der Waals surface area contributed by atoms with E-state index < -0.39 is 17.7 Å². The lowest BCUT2D eigenvalue weighted by molar-refractivity contribution is -0.132. The number of rotatable bonds is 4. The van der Waals surface area contributed by atoms with Gasteiger partial charge in [-0.25, -0.2) is 0 Å². The predicted octanol–water partition coefficient (Wildman–Crippen LogP) is 4.63. The molecule has 0 saturated carbocycles. The molecule has 0 aliphatic carbocycles. The number of hydrogen-bond acceptors (Lipinski definition) is 4. The molecule has 0 aromatic heterocycles. The molecule has 5 heteroatoms. The van der Waals surface area contributed by atoms with Gasteiger partial charge in [-0.3, -0.25) is 14.5 Å². The maximum absolute atomic E-state index is 13.1. The lowest BCUT2D eigenvalue weighted by Gasteiger charge is -2.26. The number of aliphatic hydroxyl groups excluding tert-OH is 1. The van der Waals surface area contributed by atoms with Crippen molar-refractivity contribution in [2.45, 2.75) is 13.0 Å². The Morgan fingerprint density at radius 2 is 1.53 bits per heavy atom. The molecule has 1 N–H and O–H groups in total. The summed E-state index contributed by atoms with van der Waals surface area (Å²) in [4.78, 5) is 27.7. The van der Waals surface area contributed by atoms with Gasteiger partial charge in [0.05, 0.1) is 18.7 Å². The summed E-state index contributed by atoms with van der Waals surface area (Å²) < 4.78 is 5.24. The zero-order chi connectivity index (χ0) is 21.3. The van der Waals surface area contributed by atoms with Gasteiger partial charge < -0.3 is 9.84 Å². The number of aryl methyl sites for hydroxylation is 1. The molecule has 1 atom stereocenters. The van der Waals surface area contributed by atoms with Gasteiger partial charge in [0.2, 0.25) is 0 Å². The van der Waals surface area contributed by atoms with Gasteiger partial charge in [-0.05, 0) is 36.2 Å². The molecule has 1 heterocycles. The summed E-state index contributed by atoms with van der Waals surface area (Å²) in [7, 11) is 1.57. The van der Waals surface area contributed by atoms with Crippen molar-refractivity contribution >= 4 is 23.1 Å². The standard InChI is InChI=1S/C25H21NO4/c1-16-8-6-7-11-20(16)26-22(17-12-14-19(30-2)15-13-17)21(24(28)25(26)29)23(27)18-9-4-3-5-10-18/h3-15,22,27H,1-2H3/b23-21+. The van der Waals surface area contributed by atoms with Crippen molar-refractivity contribution in [3.05, 3.63) is 101 Å². The average molecular weight is 399 g/mol. The van der Waals surface area contributed by atoms with E-state index in [0.717, 1.165) is 5.56 Å². The molecule has 0 spiro atoms. The molecule has 3 aromatic rings. The Morgan fingerprint density at radius 3 is 2.17 bits per heavy atom. The predicted molar refractivity (Wildman–Crippen MR) is 115 cm³/mol. The number of hydrogen-bond donors (Lipinski definition) is 1. The molecule has 1 unspecified atom stereocenters. The minimum Gasteiger partial charge on any atom is -0.507 e. The summed E-state index contributed by atoms with van der Waals surface area (Å²) in [6.07, 6.45) is 0. The second kappa shape index (κ2) is 7.87. The Labute approximate surface area is 174 Å². The minimum atomic E-state index is -0.753. The highest BCUT2D eigenvalue weighted by Gasteiger charge is 2.47. The summed E-state index contributed by atoms with van der Waals surface area (Å²) >= 11 is 0. The van der Waals surface area contributed by atoms with Crippen LogP contribution in [0.4, 0.5) is 5.69 Å². The Hall–Kier alpha value is -3.86. The van der Waals surface area contributed by atoms with E-state index in [4.69, 9.17) is 4.74 Å². The summed E-state index contributed by atoms with van der Waals surface area (Å²) in [5.74, 6) is -0.900. The number of para-hydroxylation sites is 1. The first kappa shape index (κ1) is 19.5.